The Hall–Kier alpha value is -2.34. The topological polar surface area (TPSA) is 57.5 Å². The molecule has 2 atom stereocenters. The Balaban J connectivity index is 1.19. The molecule has 2 unspecified atom stereocenters. The lowest BCUT2D eigenvalue weighted by molar-refractivity contribution is 0.114. The molecule has 2 saturated heterocycles. The van der Waals surface area contributed by atoms with E-state index in [9.17, 15) is 0 Å². The lowest BCUT2D eigenvalue weighted by Crippen LogP contribution is -2.52. The smallest absolute Gasteiger partial charge is 0.191 e. The summed E-state index contributed by atoms with van der Waals surface area (Å²) in [5.41, 5.74) is 1.43. The Kier molecular flexibility index (Phi) is 7.05. The maximum absolute atomic E-state index is 4.47. The van der Waals surface area contributed by atoms with Crippen molar-refractivity contribution in [1.82, 2.24) is 25.1 Å². The number of benzene rings is 1. The molecule has 0 aliphatic carbocycles. The first-order chi connectivity index (χ1) is 14.7. The number of piperidine rings is 1. The Labute approximate surface area is 180 Å². The summed E-state index contributed by atoms with van der Waals surface area (Å²) < 4.78 is 2.21. The third-order valence-electron chi connectivity index (χ3n) is 6.70. The molecule has 162 valence electrons. The average molecular weight is 409 g/mol. The van der Waals surface area contributed by atoms with Gasteiger partial charge in [0, 0.05) is 57.2 Å². The van der Waals surface area contributed by atoms with Crippen LogP contribution >= 0.6 is 0 Å². The molecular formula is C24H36N6. The highest BCUT2D eigenvalue weighted by atomic mass is 15.2. The summed E-state index contributed by atoms with van der Waals surface area (Å²) in [5, 5.41) is 7.21. The van der Waals surface area contributed by atoms with Gasteiger partial charge in [-0.2, -0.15) is 0 Å². The number of unbranched alkanes of at least 4 members (excludes halogenated alkanes) is 1. The molecule has 2 aliphatic heterocycles. The SMILES string of the molecule is CN=C(NCCCCn1ccnc1C)NC1CC2CCC(C1)N2Cc1ccccc1. The molecule has 2 N–H and O–H groups in total. The van der Waals surface area contributed by atoms with Crippen LogP contribution in [0, 0.1) is 6.92 Å². The fraction of sp³-hybridized carbons (Fsp3) is 0.583. The molecule has 2 aromatic rings. The van der Waals surface area contributed by atoms with Crippen molar-refractivity contribution in [1.29, 1.82) is 0 Å². The van der Waals surface area contributed by atoms with E-state index in [1.54, 1.807) is 0 Å². The molecule has 3 heterocycles. The van der Waals surface area contributed by atoms with Gasteiger partial charge in [0.1, 0.15) is 5.82 Å². The lowest BCUT2D eigenvalue weighted by atomic mass is 9.96. The number of hydrogen-bond acceptors (Lipinski definition) is 3. The van der Waals surface area contributed by atoms with E-state index in [0.717, 1.165) is 44.3 Å². The van der Waals surface area contributed by atoms with Crippen LogP contribution in [0.15, 0.2) is 47.7 Å². The molecule has 0 saturated carbocycles. The molecule has 4 rings (SSSR count). The van der Waals surface area contributed by atoms with Crippen LogP contribution in [0.5, 0.6) is 0 Å². The lowest BCUT2D eigenvalue weighted by Gasteiger charge is -2.39. The second-order valence-corrected chi connectivity index (χ2v) is 8.73. The van der Waals surface area contributed by atoms with Crippen molar-refractivity contribution in [3.8, 4) is 0 Å². The summed E-state index contributed by atoms with van der Waals surface area (Å²) in [6.45, 7) is 5.13. The molecule has 2 fully saturated rings. The fourth-order valence-corrected chi connectivity index (χ4v) is 5.09. The molecular weight excluding hydrogens is 372 g/mol. The van der Waals surface area contributed by atoms with Gasteiger partial charge in [-0.05, 0) is 51.0 Å². The quantitative estimate of drug-likeness (QED) is 0.400. The normalized spacial score (nSPS) is 24.2. The van der Waals surface area contributed by atoms with Crippen LogP contribution in [0.1, 0.15) is 49.9 Å². The maximum Gasteiger partial charge on any atom is 0.191 e. The van der Waals surface area contributed by atoms with Gasteiger partial charge in [0.2, 0.25) is 0 Å². The van der Waals surface area contributed by atoms with Crippen molar-refractivity contribution < 1.29 is 0 Å². The van der Waals surface area contributed by atoms with Crippen molar-refractivity contribution in [3.63, 3.8) is 0 Å². The second-order valence-electron chi connectivity index (χ2n) is 8.73. The molecule has 6 nitrogen and oxygen atoms in total. The van der Waals surface area contributed by atoms with E-state index in [1.807, 2.05) is 13.2 Å². The van der Waals surface area contributed by atoms with Crippen molar-refractivity contribution >= 4 is 5.96 Å². The summed E-state index contributed by atoms with van der Waals surface area (Å²) in [6.07, 6.45) is 11.3. The molecule has 30 heavy (non-hydrogen) atoms. The Morgan fingerprint density at radius 1 is 1.13 bits per heavy atom. The molecule has 0 amide bonds. The second kappa shape index (κ2) is 10.1. The van der Waals surface area contributed by atoms with Gasteiger partial charge in [0.05, 0.1) is 0 Å². The van der Waals surface area contributed by atoms with Crippen molar-refractivity contribution in [3.05, 3.63) is 54.1 Å². The minimum absolute atomic E-state index is 0.523. The molecule has 2 aliphatic rings. The van der Waals surface area contributed by atoms with Gasteiger partial charge in [-0.25, -0.2) is 4.98 Å². The van der Waals surface area contributed by atoms with Gasteiger partial charge in [0.15, 0.2) is 5.96 Å². The first-order valence-electron chi connectivity index (χ1n) is 11.5. The van der Waals surface area contributed by atoms with Crippen LogP contribution in [-0.4, -0.2) is 52.1 Å². The van der Waals surface area contributed by atoms with Crippen molar-refractivity contribution in [2.45, 2.75) is 76.7 Å². The van der Waals surface area contributed by atoms with E-state index < -0.39 is 0 Å². The minimum Gasteiger partial charge on any atom is -0.356 e. The Morgan fingerprint density at radius 2 is 1.90 bits per heavy atom. The van der Waals surface area contributed by atoms with E-state index in [0.29, 0.717) is 18.1 Å². The number of hydrogen-bond donors (Lipinski definition) is 2. The minimum atomic E-state index is 0.523. The predicted octanol–water partition coefficient (Wildman–Crippen LogP) is 3.33. The Morgan fingerprint density at radius 3 is 2.57 bits per heavy atom. The van der Waals surface area contributed by atoms with E-state index in [4.69, 9.17) is 0 Å². The summed E-state index contributed by atoms with van der Waals surface area (Å²) in [6, 6.07) is 12.8. The molecule has 0 radical (unpaired) electrons. The van der Waals surface area contributed by atoms with Crippen LogP contribution in [0.3, 0.4) is 0 Å². The van der Waals surface area contributed by atoms with Crippen molar-refractivity contribution in [2.75, 3.05) is 13.6 Å². The third-order valence-corrected chi connectivity index (χ3v) is 6.70. The van der Waals surface area contributed by atoms with Crippen molar-refractivity contribution in [2.24, 2.45) is 4.99 Å². The number of aromatic nitrogens is 2. The highest BCUT2D eigenvalue weighted by molar-refractivity contribution is 5.79. The van der Waals surface area contributed by atoms with E-state index in [2.05, 4.69) is 73.5 Å². The molecule has 1 aromatic heterocycles. The predicted molar refractivity (Wildman–Crippen MR) is 123 cm³/mol. The summed E-state index contributed by atoms with van der Waals surface area (Å²) in [4.78, 5) is 11.5. The third kappa shape index (κ3) is 5.22. The number of aryl methyl sites for hydroxylation is 2. The number of nitrogens with zero attached hydrogens (tertiary/aromatic N) is 4. The maximum atomic E-state index is 4.47. The van der Waals surface area contributed by atoms with Gasteiger partial charge >= 0.3 is 0 Å². The number of aliphatic imine (C=N–C) groups is 1. The number of rotatable bonds is 8. The van der Waals surface area contributed by atoms with Crippen LogP contribution < -0.4 is 10.6 Å². The average Bonchev–Trinajstić information content (AvgIpc) is 3.26. The number of guanidine groups is 1. The number of fused-ring (bicyclic) bond motifs is 2. The van der Waals surface area contributed by atoms with Gasteiger partial charge < -0.3 is 15.2 Å². The van der Waals surface area contributed by atoms with Gasteiger partial charge in [-0.15, -0.1) is 0 Å². The van der Waals surface area contributed by atoms with Gasteiger partial charge in [0.25, 0.3) is 0 Å². The highest BCUT2D eigenvalue weighted by Gasteiger charge is 2.40. The standard InChI is InChI=1S/C24H36N6/c1-19-26-13-15-29(19)14-7-6-12-27-24(25-2)28-21-16-22-10-11-23(17-21)30(22)18-20-8-4-3-5-9-20/h3-5,8-9,13,15,21-23H,6-7,10-12,14,16-18H2,1-2H3,(H2,25,27,28). The van der Waals surface area contributed by atoms with E-state index >= 15 is 0 Å². The first-order valence-corrected chi connectivity index (χ1v) is 11.5. The molecule has 1 aromatic carbocycles. The van der Waals surface area contributed by atoms with Gasteiger partial charge in [-0.1, -0.05) is 30.3 Å². The first kappa shape index (κ1) is 20.9. The zero-order valence-corrected chi connectivity index (χ0v) is 18.4. The van der Waals surface area contributed by atoms with E-state index in [-0.39, 0.29) is 0 Å². The number of imidazole rings is 1. The molecule has 0 spiro atoms. The summed E-state index contributed by atoms with van der Waals surface area (Å²) in [5.74, 6) is 2.04. The zero-order chi connectivity index (χ0) is 20.8. The van der Waals surface area contributed by atoms with Crippen LogP contribution in [0.4, 0.5) is 0 Å². The highest BCUT2D eigenvalue weighted by Crippen LogP contribution is 2.36. The van der Waals surface area contributed by atoms with E-state index in [1.165, 1.54) is 31.2 Å². The van der Waals surface area contributed by atoms with Gasteiger partial charge in [-0.3, -0.25) is 9.89 Å². The monoisotopic (exact) mass is 408 g/mol. The van der Waals surface area contributed by atoms with Crippen LogP contribution in [0.25, 0.3) is 0 Å². The zero-order valence-electron chi connectivity index (χ0n) is 18.4. The van der Waals surface area contributed by atoms with Crippen LogP contribution in [0.2, 0.25) is 0 Å². The Bertz CT molecular complexity index is 800. The fourth-order valence-electron chi connectivity index (χ4n) is 5.09. The summed E-state index contributed by atoms with van der Waals surface area (Å²) in [7, 11) is 1.88. The van der Waals surface area contributed by atoms with Crippen LogP contribution in [-0.2, 0) is 13.1 Å². The molecule has 2 bridgehead atoms. The largest absolute Gasteiger partial charge is 0.356 e. The number of nitrogens with one attached hydrogen (secondary N) is 2. The summed E-state index contributed by atoms with van der Waals surface area (Å²) >= 11 is 0. The molecule has 6 heteroatoms.